The van der Waals surface area contributed by atoms with Gasteiger partial charge in [-0.05, 0) is 25.0 Å². The van der Waals surface area contributed by atoms with Crippen molar-refractivity contribution in [1.82, 2.24) is 5.48 Å². The van der Waals surface area contributed by atoms with Gasteiger partial charge in [-0.2, -0.15) is 5.48 Å². The van der Waals surface area contributed by atoms with Gasteiger partial charge in [0.1, 0.15) is 23.7 Å². The number of nitrogens with one attached hydrogen (secondary N) is 1. The number of aryl methyl sites for hydroxylation is 1. The highest BCUT2D eigenvalue weighted by atomic mass is 19.1. The van der Waals surface area contributed by atoms with Crippen LogP contribution in [-0.4, -0.2) is 13.2 Å². The summed E-state index contributed by atoms with van der Waals surface area (Å²) in [5.74, 6) is 0.410. The molecule has 4 heteroatoms. The zero-order valence-electron chi connectivity index (χ0n) is 9.71. The van der Waals surface area contributed by atoms with Crippen LogP contribution in [0.2, 0.25) is 0 Å². The van der Waals surface area contributed by atoms with Crippen molar-refractivity contribution in [3.8, 4) is 5.75 Å². The maximum atomic E-state index is 13.8. The van der Waals surface area contributed by atoms with Crippen molar-refractivity contribution < 1.29 is 14.0 Å². The molecule has 2 unspecified atom stereocenters. The van der Waals surface area contributed by atoms with Crippen LogP contribution in [0.25, 0.3) is 0 Å². The maximum Gasteiger partial charge on any atom is 0.131 e. The third-order valence-corrected chi connectivity index (χ3v) is 2.94. The van der Waals surface area contributed by atoms with E-state index < -0.39 is 0 Å². The molecule has 2 rings (SSSR count). The van der Waals surface area contributed by atoms with Crippen LogP contribution in [0, 0.1) is 12.7 Å². The molecule has 1 aromatic rings. The summed E-state index contributed by atoms with van der Waals surface area (Å²) in [6.07, 6.45) is 0.722. The number of hydrogen-bond donors (Lipinski definition) is 1. The molecular formula is C12H16FNO2. The van der Waals surface area contributed by atoms with E-state index in [-0.39, 0.29) is 18.0 Å². The first kappa shape index (κ1) is 11.4. The van der Waals surface area contributed by atoms with Gasteiger partial charge in [-0.1, -0.05) is 13.0 Å². The molecule has 0 radical (unpaired) electrons. The van der Waals surface area contributed by atoms with Crippen molar-refractivity contribution in [2.45, 2.75) is 32.4 Å². The number of halogens is 1. The molecule has 0 aliphatic carbocycles. The van der Waals surface area contributed by atoms with Crippen molar-refractivity contribution in [2.24, 2.45) is 0 Å². The Balaban J connectivity index is 2.45. The van der Waals surface area contributed by atoms with Crippen LogP contribution in [0.5, 0.6) is 5.75 Å². The number of ether oxygens (including phenoxy) is 1. The Kier molecular flexibility index (Phi) is 3.12. The van der Waals surface area contributed by atoms with Crippen molar-refractivity contribution in [1.29, 1.82) is 0 Å². The summed E-state index contributed by atoms with van der Waals surface area (Å²) in [5, 5.41) is 0. The molecule has 16 heavy (non-hydrogen) atoms. The van der Waals surface area contributed by atoms with Crippen molar-refractivity contribution in [3.63, 3.8) is 0 Å². The standard InChI is InChI=1S/C12H16FNO2/c1-4-9-11(14-15-3)10-8(13)6-5-7(2)12(10)16-9/h5-6,9,11,14H,4H2,1-3H3. The molecule has 0 bridgehead atoms. The van der Waals surface area contributed by atoms with Gasteiger partial charge in [-0.15, -0.1) is 0 Å². The summed E-state index contributed by atoms with van der Waals surface area (Å²) in [7, 11) is 1.53. The smallest absolute Gasteiger partial charge is 0.131 e. The molecule has 1 aromatic carbocycles. The predicted molar refractivity (Wildman–Crippen MR) is 58.7 cm³/mol. The van der Waals surface area contributed by atoms with Gasteiger partial charge in [-0.25, -0.2) is 4.39 Å². The fourth-order valence-corrected chi connectivity index (χ4v) is 2.12. The molecule has 1 heterocycles. The minimum absolute atomic E-state index is 0.0782. The molecule has 0 fully saturated rings. The summed E-state index contributed by atoms with van der Waals surface area (Å²) in [5.41, 5.74) is 4.34. The summed E-state index contributed by atoms with van der Waals surface area (Å²) in [6.45, 7) is 3.92. The highest BCUT2D eigenvalue weighted by molar-refractivity contribution is 5.47. The van der Waals surface area contributed by atoms with Crippen molar-refractivity contribution in [2.75, 3.05) is 7.11 Å². The first-order valence-corrected chi connectivity index (χ1v) is 5.43. The van der Waals surface area contributed by atoms with E-state index in [1.807, 2.05) is 13.8 Å². The summed E-state index contributed by atoms with van der Waals surface area (Å²) in [6, 6.07) is 2.97. The van der Waals surface area contributed by atoms with E-state index in [0.717, 1.165) is 12.0 Å². The number of benzene rings is 1. The third kappa shape index (κ3) is 1.68. The second kappa shape index (κ2) is 4.39. The van der Waals surface area contributed by atoms with Gasteiger partial charge in [0, 0.05) is 0 Å². The molecule has 0 spiro atoms. The predicted octanol–water partition coefficient (Wildman–Crippen LogP) is 2.50. The quantitative estimate of drug-likeness (QED) is 0.802. The molecule has 2 atom stereocenters. The summed E-state index contributed by atoms with van der Waals surface area (Å²) < 4.78 is 19.5. The topological polar surface area (TPSA) is 30.5 Å². The molecule has 1 N–H and O–H groups in total. The summed E-state index contributed by atoms with van der Waals surface area (Å²) >= 11 is 0. The van der Waals surface area contributed by atoms with Crippen LogP contribution in [-0.2, 0) is 4.84 Å². The Labute approximate surface area is 94.5 Å². The minimum atomic E-state index is -0.244. The fourth-order valence-electron chi connectivity index (χ4n) is 2.12. The van der Waals surface area contributed by atoms with E-state index in [0.29, 0.717) is 11.3 Å². The van der Waals surface area contributed by atoms with Crippen LogP contribution in [0.15, 0.2) is 12.1 Å². The van der Waals surface area contributed by atoms with Crippen molar-refractivity contribution >= 4 is 0 Å². The average Bonchev–Trinajstić information content (AvgIpc) is 2.64. The number of hydroxylamine groups is 1. The van der Waals surface area contributed by atoms with Crippen LogP contribution >= 0.6 is 0 Å². The van der Waals surface area contributed by atoms with Crippen molar-refractivity contribution in [3.05, 3.63) is 29.1 Å². The second-order valence-electron chi connectivity index (χ2n) is 3.97. The largest absolute Gasteiger partial charge is 0.488 e. The lowest BCUT2D eigenvalue weighted by Crippen LogP contribution is -2.30. The normalized spacial score (nSPS) is 23.0. The van der Waals surface area contributed by atoms with E-state index >= 15 is 0 Å². The number of hydrogen-bond acceptors (Lipinski definition) is 3. The molecule has 0 amide bonds. The number of rotatable bonds is 3. The number of fused-ring (bicyclic) bond motifs is 1. The monoisotopic (exact) mass is 225 g/mol. The van der Waals surface area contributed by atoms with E-state index in [1.165, 1.54) is 13.2 Å². The molecule has 3 nitrogen and oxygen atoms in total. The average molecular weight is 225 g/mol. The lowest BCUT2D eigenvalue weighted by atomic mass is 10.0. The van der Waals surface area contributed by atoms with Crippen LogP contribution < -0.4 is 10.2 Å². The second-order valence-corrected chi connectivity index (χ2v) is 3.97. The maximum absolute atomic E-state index is 13.8. The van der Waals surface area contributed by atoms with E-state index in [2.05, 4.69) is 5.48 Å². The Morgan fingerprint density at radius 1 is 1.50 bits per heavy atom. The Bertz CT molecular complexity index is 395. The first-order valence-electron chi connectivity index (χ1n) is 5.43. The van der Waals surface area contributed by atoms with Crippen LogP contribution in [0.1, 0.15) is 30.5 Å². The third-order valence-electron chi connectivity index (χ3n) is 2.94. The minimum Gasteiger partial charge on any atom is -0.488 e. The SMILES string of the molecule is CCC1Oc2c(C)ccc(F)c2C1NOC. The molecule has 0 aromatic heterocycles. The van der Waals surface area contributed by atoms with Crippen LogP contribution in [0.3, 0.4) is 0 Å². The highest BCUT2D eigenvalue weighted by Crippen LogP contribution is 2.41. The summed E-state index contributed by atoms with van der Waals surface area (Å²) in [4.78, 5) is 4.91. The van der Waals surface area contributed by atoms with E-state index in [1.54, 1.807) is 6.07 Å². The molecular weight excluding hydrogens is 209 g/mol. The van der Waals surface area contributed by atoms with Gasteiger partial charge < -0.3 is 9.57 Å². The van der Waals surface area contributed by atoms with Gasteiger partial charge in [0.25, 0.3) is 0 Å². The highest BCUT2D eigenvalue weighted by Gasteiger charge is 2.36. The van der Waals surface area contributed by atoms with E-state index in [4.69, 9.17) is 9.57 Å². The van der Waals surface area contributed by atoms with Gasteiger partial charge >= 0.3 is 0 Å². The van der Waals surface area contributed by atoms with Gasteiger partial charge in [-0.3, -0.25) is 0 Å². The zero-order valence-corrected chi connectivity index (χ0v) is 9.71. The van der Waals surface area contributed by atoms with Gasteiger partial charge in [0.15, 0.2) is 0 Å². The first-order chi connectivity index (χ1) is 7.69. The molecule has 1 aliphatic rings. The molecule has 0 saturated carbocycles. The Morgan fingerprint density at radius 3 is 2.88 bits per heavy atom. The molecule has 1 aliphatic heterocycles. The molecule has 0 saturated heterocycles. The fraction of sp³-hybridized carbons (Fsp3) is 0.500. The van der Waals surface area contributed by atoms with Gasteiger partial charge in [0.05, 0.1) is 12.7 Å². The Hall–Kier alpha value is -1.13. The van der Waals surface area contributed by atoms with Crippen LogP contribution in [0.4, 0.5) is 4.39 Å². The molecule has 88 valence electrons. The van der Waals surface area contributed by atoms with Gasteiger partial charge in [0.2, 0.25) is 0 Å². The lowest BCUT2D eigenvalue weighted by molar-refractivity contribution is 0.0275. The lowest BCUT2D eigenvalue weighted by Gasteiger charge is -2.17. The van der Waals surface area contributed by atoms with E-state index in [9.17, 15) is 4.39 Å². The zero-order chi connectivity index (χ0) is 11.7. The Morgan fingerprint density at radius 2 is 2.25 bits per heavy atom.